The van der Waals surface area contributed by atoms with E-state index in [-0.39, 0.29) is 55.2 Å². The Kier molecular flexibility index (Phi) is 31.4. The zero-order chi connectivity index (χ0) is 29.8. The second-order valence-electron chi connectivity index (χ2n) is 11.6. The number of imide groups is 1. The van der Waals surface area contributed by atoms with Gasteiger partial charge in [0.05, 0.1) is 0 Å². The molecule has 0 aliphatic rings. The Morgan fingerprint density at radius 1 is 0.537 bits per heavy atom. The second kappa shape index (κ2) is 30.5. The number of carboxylic acids is 1. The number of hydrogen-bond donors (Lipinski definition) is 2. The Bertz CT molecular complexity index is 636. The minimum absolute atomic E-state index is 0. The van der Waals surface area contributed by atoms with Crippen LogP contribution in [0.5, 0.6) is 0 Å². The van der Waals surface area contributed by atoms with Crippen molar-refractivity contribution in [2.24, 2.45) is 5.73 Å². The number of rotatable bonds is 29. The molecule has 0 spiro atoms. The van der Waals surface area contributed by atoms with Gasteiger partial charge in [0.25, 0.3) is 0 Å². The van der Waals surface area contributed by atoms with Crippen molar-refractivity contribution in [3.63, 3.8) is 0 Å². The van der Waals surface area contributed by atoms with Gasteiger partial charge in [-0.15, -0.1) is 0 Å². The number of carboxylic acid groups (broad SMARTS) is 1. The third-order valence-corrected chi connectivity index (χ3v) is 7.79. The van der Waals surface area contributed by atoms with Crippen LogP contribution in [-0.4, -0.2) is 69.3 Å². The van der Waals surface area contributed by atoms with E-state index in [4.69, 9.17) is 5.73 Å². The van der Waals surface area contributed by atoms with Crippen LogP contribution in [-0.2, 0) is 19.2 Å². The SMILES string of the molecule is CCCCCCCCCCCCCC(=O)N(C(=O)CCCCCCCCCCCCC)[C@@H](CCC(N)=O)C(=O)O.[Na]. The quantitative estimate of drug-likeness (QED) is 0.0675. The molecule has 0 aromatic rings. The zero-order valence-electron chi connectivity index (χ0n) is 27.1. The van der Waals surface area contributed by atoms with Crippen LogP contribution in [0.2, 0.25) is 0 Å². The van der Waals surface area contributed by atoms with Crippen molar-refractivity contribution < 1.29 is 24.3 Å². The number of aliphatic carboxylic acids is 1. The Hall–Kier alpha value is -0.920. The summed E-state index contributed by atoms with van der Waals surface area (Å²) in [5, 5.41) is 9.78. The first-order chi connectivity index (χ1) is 19.3. The maximum absolute atomic E-state index is 13.1. The third kappa shape index (κ3) is 25.3. The molecule has 7 nitrogen and oxygen atoms in total. The number of carbonyl (C=O) groups is 4. The predicted molar refractivity (Wildman–Crippen MR) is 170 cm³/mol. The monoisotopic (exact) mass is 589 g/mol. The van der Waals surface area contributed by atoms with Crippen LogP contribution in [0.4, 0.5) is 0 Å². The molecule has 235 valence electrons. The van der Waals surface area contributed by atoms with Crippen molar-refractivity contribution in [2.45, 2.75) is 187 Å². The minimum atomic E-state index is -1.34. The molecule has 0 aromatic heterocycles. The van der Waals surface area contributed by atoms with Gasteiger partial charge in [0, 0.05) is 48.8 Å². The minimum Gasteiger partial charge on any atom is -0.480 e. The van der Waals surface area contributed by atoms with Crippen LogP contribution < -0.4 is 5.73 Å². The summed E-state index contributed by atoms with van der Waals surface area (Å²) < 4.78 is 0. The molecular weight excluding hydrogens is 527 g/mol. The molecule has 0 bridgehead atoms. The number of hydrogen-bond acceptors (Lipinski definition) is 4. The van der Waals surface area contributed by atoms with E-state index < -0.39 is 29.7 Å². The fourth-order valence-corrected chi connectivity index (χ4v) is 5.25. The Balaban J connectivity index is 0. The number of nitrogens with zero attached hydrogens (tertiary/aromatic N) is 1. The van der Waals surface area contributed by atoms with Crippen molar-refractivity contribution in [2.75, 3.05) is 0 Å². The average Bonchev–Trinajstić information content (AvgIpc) is 2.92. The predicted octanol–water partition coefficient (Wildman–Crippen LogP) is 8.08. The fraction of sp³-hybridized carbons (Fsp3) is 0.879. The largest absolute Gasteiger partial charge is 0.480 e. The van der Waals surface area contributed by atoms with Crippen LogP contribution in [0, 0.1) is 0 Å². The molecule has 0 rings (SSSR count). The van der Waals surface area contributed by atoms with Crippen molar-refractivity contribution in [1.82, 2.24) is 4.90 Å². The van der Waals surface area contributed by atoms with Gasteiger partial charge in [-0.1, -0.05) is 142 Å². The van der Waals surface area contributed by atoms with E-state index in [0.717, 1.165) is 43.4 Å². The van der Waals surface area contributed by atoms with Gasteiger partial charge in [0.2, 0.25) is 17.7 Å². The number of nitrogens with two attached hydrogens (primary N) is 1. The van der Waals surface area contributed by atoms with Crippen LogP contribution in [0.1, 0.15) is 181 Å². The maximum atomic E-state index is 13.1. The second-order valence-corrected chi connectivity index (χ2v) is 11.6. The molecule has 8 heteroatoms. The van der Waals surface area contributed by atoms with Gasteiger partial charge in [-0.2, -0.15) is 0 Å². The number of unbranched alkanes of at least 4 members (excludes halogenated alkanes) is 20. The van der Waals surface area contributed by atoms with E-state index in [1.165, 1.54) is 89.9 Å². The summed E-state index contributed by atoms with van der Waals surface area (Å²) >= 11 is 0. The molecular formula is C33H62N2NaO5. The van der Waals surface area contributed by atoms with Crippen LogP contribution in [0.3, 0.4) is 0 Å². The maximum Gasteiger partial charge on any atom is 0.326 e. The Labute approximate surface area is 273 Å². The number of amides is 3. The van der Waals surface area contributed by atoms with Crippen LogP contribution in [0.15, 0.2) is 0 Å². The van der Waals surface area contributed by atoms with Gasteiger partial charge in [-0.3, -0.25) is 19.3 Å². The molecule has 1 atom stereocenters. The van der Waals surface area contributed by atoms with Gasteiger partial charge in [0.15, 0.2) is 0 Å². The molecule has 0 aliphatic heterocycles. The van der Waals surface area contributed by atoms with Gasteiger partial charge < -0.3 is 10.8 Å². The van der Waals surface area contributed by atoms with Gasteiger partial charge in [-0.05, 0) is 19.3 Å². The molecule has 3 N–H and O–H groups in total. The first-order valence-electron chi connectivity index (χ1n) is 16.7. The van der Waals surface area contributed by atoms with Crippen molar-refractivity contribution in [1.29, 1.82) is 0 Å². The Morgan fingerprint density at radius 2 is 0.829 bits per heavy atom. The van der Waals surface area contributed by atoms with Gasteiger partial charge >= 0.3 is 5.97 Å². The van der Waals surface area contributed by atoms with Crippen LogP contribution >= 0.6 is 0 Å². The zero-order valence-corrected chi connectivity index (χ0v) is 29.1. The average molecular weight is 590 g/mol. The summed E-state index contributed by atoms with van der Waals surface area (Å²) in [6.45, 7) is 4.45. The Morgan fingerprint density at radius 3 is 1.10 bits per heavy atom. The van der Waals surface area contributed by atoms with E-state index in [1.807, 2.05) is 0 Å². The summed E-state index contributed by atoms with van der Waals surface area (Å²) in [7, 11) is 0. The standard InChI is InChI=1S/C33H62N2O5.Na/c1-3-5-7-9-11-13-15-17-19-21-23-25-31(37)35(29(33(39)40)27-28-30(34)36)32(38)26-24-22-20-18-16-14-12-10-8-6-4-2;/h29H,3-28H2,1-2H3,(H2,34,36)(H,39,40);/t29-;/m0./s1. The molecule has 0 heterocycles. The van der Waals surface area contributed by atoms with E-state index in [1.54, 1.807) is 0 Å². The molecule has 0 aliphatic carbocycles. The van der Waals surface area contributed by atoms with E-state index in [2.05, 4.69) is 13.8 Å². The van der Waals surface area contributed by atoms with Gasteiger partial charge in [-0.25, -0.2) is 4.79 Å². The van der Waals surface area contributed by atoms with E-state index in [9.17, 15) is 24.3 Å². The number of carbonyl (C=O) groups excluding carboxylic acids is 3. The molecule has 0 unspecified atom stereocenters. The normalized spacial score (nSPS) is 11.6. The topological polar surface area (TPSA) is 118 Å². The molecule has 0 aromatic carbocycles. The first kappa shape index (κ1) is 42.2. The molecule has 3 amide bonds. The summed E-state index contributed by atoms with van der Waals surface area (Å²) in [5.41, 5.74) is 5.23. The van der Waals surface area contributed by atoms with E-state index >= 15 is 0 Å². The van der Waals surface area contributed by atoms with Crippen molar-refractivity contribution in [3.8, 4) is 0 Å². The van der Waals surface area contributed by atoms with Crippen LogP contribution in [0.25, 0.3) is 0 Å². The smallest absolute Gasteiger partial charge is 0.326 e. The summed E-state index contributed by atoms with van der Waals surface area (Å²) in [5.74, 6) is -2.79. The van der Waals surface area contributed by atoms with E-state index in [0.29, 0.717) is 12.8 Å². The molecule has 0 fully saturated rings. The fourth-order valence-electron chi connectivity index (χ4n) is 5.25. The first-order valence-corrected chi connectivity index (χ1v) is 16.7. The summed E-state index contributed by atoms with van der Waals surface area (Å²) in [6, 6.07) is -1.34. The number of primary amides is 1. The summed E-state index contributed by atoms with van der Waals surface area (Å²) in [6.07, 6.45) is 25.3. The van der Waals surface area contributed by atoms with Crippen molar-refractivity contribution in [3.05, 3.63) is 0 Å². The molecule has 0 saturated heterocycles. The van der Waals surface area contributed by atoms with Crippen molar-refractivity contribution >= 4 is 53.2 Å². The molecule has 0 saturated carbocycles. The molecule has 41 heavy (non-hydrogen) atoms. The molecule has 1 radical (unpaired) electrons. The third-order valence-electron chi connectivity index (χ3n) is 7.79. The summed E-state index contributed by atoms with van der Waals surface area (Å²) in [4.78, 5) is 50.3. The van der Waals surface area contributed by atoms with Gasteiger partial charge in [0.1, 0.15) is 6.04 Å².